The quantitative estimate of drug-likeness (QED) is 0.801. The van der Waals surface area contributed by atoms with Crippen molar-refractivity contribution in [1.82, 2.24) is 5.32 Å². The summed E-state index contributed by atoms with van der Waals surface area (Å²) in [6.45, 7) is 8.59. The van der Waals surface area contributed by atoms with Crippen LogP contribution in [0.4, 0.5) is 0 Å². The van der Waals surface area contributed by atoms with Crippen LogP contribution in [0.25, 0.3) is 0 Å². The molecule has 2 unspecified atom stereocenters. The number of hydrogen-bond acceptors (Lipinski definition) is 2. The predicted octanol–water partition coefficient (Wildman–Crippen LogP) is 3.59. The Hall–Kier alpha value is -0.760. The molecule has 0 radical (unpaired) electrons. The summed E-state index contributed by atoms with van der Waals surface area (Å²) < 4.78 is 5.57. The zero-order valence-corrected chi connectivity index (χ0v) is 10.6. The summed E-state index contributed by atoms with van der Waals surface area (Å²) in [4.78, 5) is 0. The first kappa shape index (κ1) is 12.3. The number of rotatable bonds is 5. The van der Waals surface area contributed by atoms with Gasteiger partial charge in [0.15, 0.2) is 0 Å². The van der Waals surface area contributed by atoms with Gasteiger partial charge in [0.05, 0.1) is 0 Å². The van der Waals surface area contributed by atoms with E-state index in [0.717, 1.165) is 17.4 Å². The van der Waals surface area contributed by atoms with Gasteiger partial charge in [-0.1, -0.05) is 20.3 Å². The molecule has 2 nitrogen and oxygen atoms in total. The molecule has 0 saturated heterocycles. The summed E-state index contributed by atoms with van der Waals surface area (Å²) in [6.07, 6.45) is 2.40. The van der Waals surface area contributed by atoms with Crippen molar-refractivity contribution in [3.05, 3.63) is 23.2 Å². The minimum atomic E-state index is 0.428. The smallest absolute Gasteiger partial charge is 0.105 e. The molecule has 1 heterocycles. The highest BCUT2D eigenvalue weighted by atomic mass is 16.3. The molecule has 1 aromatic heterocycles. The van der Waals surface area contributed by atoms with Gasteiger partial charge in [-0.05, 0) is 39.3 Å². The Bertz CT molecular complexity index is 303. The Morgan fingerprint density at radius 3 is 2.47 bits per heavy atom. The van der Waals surface area contributed by atoms with Crippen molar-refractivity contribution in [1.29, 1.82) is 0 Å². The van der Waals surface area contributed by atoms with E-state index >= 15 is 0 Å². The van der Waals surface area contributed by atoms with E-state index in [1.807, 2.05) is 20.9 Å². The fourth-order valence-electron chi connectivity index (χ4n) is 1.97. The summed E-state index contributed by atoms with van der Waals surface area (Å²) in [5.74, 6) is 2.80. The summed E-state index contributed by atoms with van der Waals surface area (Å²) in [5.41, 5.74) is 1.32. The molecule has 15 heavy (non-hydrogen) atoms. The first-order valence-corrected chi connectivity index (χ1v) is 5.82. The van der Waals surface area contributed by atoms with E-state index < -0.39 is 0 Å². The maximum Gasteiger partial charge on any atom is 0.105 e. The Morgan fingerprint density at radius 2 is 2.07 bits per heavy atom. The van der Waals surface area contributed by atoms with Gasteiger partial charge in [-0.15, -0.1) is 0 Å². The van der Waals surface area contributed by atoms with Crippen molar-refractivity contribution in [3.8, 4) is 0 Å². The van der Waals surface area contributed by atoms with Gasteiger partial charge in [0.2, 0.25) is 0 Å². The normalized spacial score (nSPS) is 15.3. The summed E-state index contributed by atoms with van der Waals surface area (Å²) in [6, 6.07) is 2.58. The highest BCUT2D eigenvalue weighted by molar-refractivity contribution is 5.24. The van der Waals surface area contributed by atoms with Crippen molar-refractivity contribution in [3.63, 3.8) is 0 Å². The van der Waals surface area contributed by atoms with Crippen molar-refractivity contribution in [2.24, 2.45) is 5.92 Å². The molecule has 0 aliphatic rings. The molecule has 1 aromatic rings. The summed E-state index contributed by atoms with van der Waals surface area (Å²) in [5, 5.41) is 3.38. The van der Waals surface area contributed by atoms with Gasteiger partial charge in [-0.2, -0.15) is 0 Å². The van der Waals surface area contributed by atoms with Crippen LogP contribution in [0, 0.1) is 19.8 Å². The van der Waals surface area contributed by atoms with E-state index in [0.29, 0.717) is 6.04 Å². The maximum atomic E-state index is 5.57. The summed E-state index contributed by atoms with van der Waals surface area (Å²) >= 11 is 0. The third kappa shape index (κ3) is 3.10. The van der Waals surface area contributed by atoms with Gasteiger partial charge in [0.25, 0.3) is 0 Å². The van der Waals surface area contributed by atoms with Gasteiger partial charge >= 0.3 is 0 Å². The minimum absolute atomic E-state index is 0.428. The van der Waals surface area contributed by atoms with Gasteiger partial charge in [-0.25, -0.2) is 0 Å². The average Bonchev–Trinajstić information content (AvgIpc) is 2.54. The fourth-order valence-corrected chi connectivity index (χ4v) is 1.97. The van der Waals surface area contributed by atoms with Crippen LogP contribution < -0.4 is 5.32 Å². The van der Waals surface area contributed by atoms with Crippen molar-refractivity contribution in [2.75, 3.05) is 7.05 Å². The maximum absolute atomic E-state index is 5.57. The van der Waals surface area contributed by atoms with Gasteiger partial charge in [-0.3, -0.25) is 0 Å². The molecule has 86 valence electrons. The molecule has 0 aromatic carbocycles. The molecular formula is C13H23NO. The lowest BCUT2D eigenvalue weighted by molar-refractivity contribution is 0.414. The molecule has 2 heteroatoms. The number of hydrogen-bond donors (Lipinski definition) is 1. The standard InChI is InChI=1S/C13H23NO/c1-6-9(2)7-13(14-5)12-8-10(3)15-11(12)4/h8-9,13-14H,6-7H2,1-5H3. The molecule has 0 fully saturated rings. The van der Waals surface area contributed by atoms with E-state index in [9.17, 15) is 0 Å². The Kier molecular flexibility index (Phi) is 4.40. The van der Waals surface area contributed by atoms with Crippen LogP contribution >= 0.6 is 0 Å². The van der Waals surface area contributed by atoms with Crippen LogP contribution in [0.15, 0.2) is 10.5 Å². The topological polar surface area (TPSA) is 25.2 Å². The minimum Gasteiger partial charge on any atom is -0.466 e. The first-order valence-electron chi connectivity index (χ1n) is 5.82. The molecule has 2 atom stereocenters. The third-order valence-corrected chi connectivity index (χ3v) is 3.14. The number of aryl methyl sites for hydroxylation is 2. The molecule has 0 spiro atoms. The van der Waals surface area contributed by atoms with E-state index in [1.54, 1.807) is 0 Å². The largest absolute Gasteiger partial charge is 0.466 e. The zero-order chi connectivity index (χ0) is 11.4. The average molecular weight is 209 g/mol. The molecule has 0 amide bonds. The monoisotopic (exact) mass is 209 g/mol. The highest BCUT2D eigenvalue weighted by Gasteiger charge is 2.17. The Morgan fingerprint density at radius 1 is 1.40 bits per heavy atom. The Labute approximate surface area is 93.1 Å². The van der Waals surface area contributed by atoms with Crippen LogP contribution in [0.5, 0.6) is 0 Å². The SMILES string of the molecule is CCC(C)CC(NC)c1cc(C)oc1C. The molecule has 1 rings (SSSR count). The van der Waals surface area contributed by atoms with E-state index in [1.165, 1.54) is 18.4 Å². The molecule has 0 aliphatic heterocycles. The van der Waals surface area contributed by atoms with Crippen LogP contribution in [0.1, 0.15) is 49.8 Å². The number of furan rings is 1. The van der Waals surface area contributed by atoms with E-state index in [-0.39, 0.29) is 0 Å². The van der Waals surface area contributed by atoms with Gasteiger partial charge in [0.1, 0.15) is 11.5 Å². The zero-order valence-electron chi connectivity index (χ0n) is 10.6. The Balaban J connectivity index is 2.78. The molecule has 0 bridgehead atoms. The van der Waals surface area contributed by atoms with E-state index in [4.69, 9.17) is 4.42 Å². The van der Waals surface area contributed by atoms with Crippen molar-refractivity contribution >= 4 is 0 Å². The predicted molar refractivity (Wildman–Crippen MR) is 64.1 cm³/mol. The van der Waals surface area contributed by atoms with Gasteiger partial charge < -0.3 is 9.73 Å². The summed E-state index contributed by atoms with van der Waals surface area (Å²) in [7, 11) is 2.02. The molecule has 0 saturated carbocycles. The second-order valence-corrected chi connectivity index (χ2v) is 4.46. The second kappa shape index (κ2) is 5.36. The third-order valence-electron chi connectivity index (χ3n) is 3.14. The lowest BCUT2D eigenvalue weighted by Crippen LogP contribution is -2.19. The second-order valence-electron chi connectivity index (χ2n) is 4.46. The molecular weight excluding hydrogens is 186 g/mol. The molecule has 1 N–H and O–H groups in total. The first-order chi connectivity index (χ1) is 7.08. The van der Waals surface area contributed by atoms with E-state index in [2.05, 4.69) is 25.2 Å². The van der Waals surface area contributed by atoms with Crippen molar-refractivity contribution < 1.29 is 4.42 Å². The van der Waals surface area contributed by atoms with Crippen LogP contribution in [-0.4, -0.2) is 7.05 Å². The van der Waals surface area contributed by atoms with Crippen LogP contribution in [0.3, 0.4) is 0 Å². The highest BCUT2D eigenvalue weighted by Crippen LogP contribution is 2.27. The number of nitrogens with one attached hydrogen (secondary N) is 1. The van der Waals surface area contributed by atoms with Gasteiger partial charge in [0, 0.05) is 11.6 Å². The lowest BCUT2D eigenvalue weighted by atomic mass is 9.94. The van der Waals surface area contributed by atoms with Crippen LogP contribution in [0.2, 0.25) is 0 Å². The van der Waals surface area contributed by atoms with Crippen molar-refractivity contribution in [2.45, 2.75) is 46.6 Å². The molecule has 0 aliphatic carbocycles. The fraction of sp³-hybridized carbons (Fsp3) is 0.692. The lowest BCUT2D eigenvalue weighted by Gasteiger charge is -2.19. The van der Waals surface area contributed by atoms with Crippen LogP contribution in [-0.2, 0) is 0 Å².